The van der Waals surface area contributed by atoms with Crippen LogP contribution in [0.15, 0.2) is 24.3 Å². The lowest BCUT2D eigenvalue weighted by Gasteiger charge is -2.32. The van der Waals surface area contributed by atoms with Crippen molar-refractivity contribution >= 4 is 5.84 Å². The number of nitrogens with zero attached hydrogens (tertiary/aromatic N) is 1. The van der Waals surface area contributed by atoms with Gasteiger partial charge in [0.2, 0.25) is 0 Å². The molecule has 4 nitrogen and oxygen atoms in total. The summed E-state index contributed by atoms with van der Waals surface area (Å²) in [5.41, 5.74) is 6.44. The van der Waals surface area contributed by atoms with Gasteiger partial charge in [0, 0.05) is 12.5 Å². The van der Waals surface area contributed by atoms with Crippen LogP contribution in [-0.4, -0.2) is 37.0 Å². The number of benzene rings is 1. The second-order valence-corrected chi connectivity index (χ2v) is 5.61. The van der Waals surface area contributed by atoms with E-state index in [2.05, 4.69) is 11.9 Å². The summed E-state index contributed by atoms with van der Waals surface area (Å²) in [5.74, 6) is 1.09. The number of amidine groups is 1. The van der Waals surface area contributed by atoms with Crippen LogP contribution < -0.4 is 10.5 Å². The summed E-state index contributed by atoms with van der Waals surface area (Å²) in [7, 11) is 2.21. The highest BCUT2D eigenvalue weighted by atomic mass is 16.5. The predicted octanol–water partition coefficient (Wildman–Crippen LogP) is 2.42. The number of likely N-dealkylation sites (tertiary alicyclic amines) is 1. The Bertz CT molecular complexity index is 430. The highest BCUT2D eigenvalue weighted by molar-refractivity contribution is 5.79. The summed E-state index contributed by atoms with van der Waals surface area (Å²) in [5, 5.41) is 7.27. The van der Waals surface area contributed by atoms with E-state index in [9.17, 15) is 0 Å². The van der Waals surface area contributed by atoms with Crippen molar-refractivity contribution < 1.29 is 4.74 Å². The Morgan fingerprint density at radius 1 is 1.35 bits per heavy atom. The van der Waals surface area contributed by atoms with Gasteiger partial charge in [-0.3, -0.25) is 5.41 Å². The topological polar surface area (TPSA) is 62.3 Å². The Balaban J connectivity index is 1.74. The highest BCUT2D eigenvalue weighted by Gasteiger charge is 2.18. The van der Waals surface area contributed by atoms with Crippen molar-refractivity contribution in [3.63, 3.8) is 0 Å². The molecule has 0 spiro atoms. The van der Waals surface area contributed by atoms with Crippen molar-refractivity contribution in [1.82, 2.24) is 4.90 Å². The minimum atomic E-state index is 0.194. The smallest absolute Gasteiger partial charge is 0.119 e. The summed E-state index contributed by atoms with van der Waals surface area (Å²) in [4.78, 5) is 2.45. The van der Waals surface area contributed by atoms with Crippen molar-refractivity contribution in [2.45, 2.75) is 38.1 Å². The molecule has 1 unspecified atom stereocenters. The van der Waals surface area contributed by atoms with Crippen LogP contribution in [0.1, 0.15) is 31.2 Å². The van der Waals surface area contributed by atoms with E-state index in [0.29, 0.717) is 12.5 Å². The number of piperidine rings is 1. The van der Waals surface area contributed by atoms with Gasteiger partial charge in [0.25, 0.3) is 0 Å². The van der Waals surface area contributed by atoms with Gasteiger partial charge in [-0.15, -0.1) is 0 Å². The average Bonchev–Trinajstić information content (AvgIpc) is 2.42. The molecular formula is C16H25N3O. The molecule has 0 radical (unpaired) electrons. The van der Waals surface area contributed by atoms with Crippen molar-refractivity contribution in [1.29, 1.82) is 5.41 Å². The predicted molar refractivity (Wildman–Crippen MR) is 82.4 cm³/mol. The van der Waals surface area contributed by atoms with Crippen molar-refractivity contribution in [3.05, 3.63) is 29.8 Å². The van der Waals surface area contributed by atoms with Crippen LogP contribution in [0.25, 0.3) is 0 Å². The number of rotatable bonds is 6. The summed E-state index contributed by atoms with van der Waals surface area (Å²) in [6.07, 6.45) is 5.55. The molecule has 1 atom stereocenters. The minimum Gasteiger partial charge on any atom is -0.494 e. The zero-order chi connectivity index (χ0) is 14.4. The van der Waals surface area contributed by atoms with E-state index in [-0.39, 0.29) is 5.84 Å². The van der Waals surface area contributed by atoms with Crippen LogP contribution >= 0.6 is 0 Å². The van der Waals surface area contributed by atoms with Crippen LogP contribution in [-0.2, 0) is 6.42 Å². The van der Waals surface area contributed by atoms with Gasteiger partial charge in [0.05, 0.1) is 12.4 Å². The van der Waals surface area contributed by atoms with E-state index in [0.717, 1.165) is 24.3 Å². The van der Waals surface area contributed by atoms with Crippen molar-refractivity contribution in [2.75, 3.05) is 20.2 Å². The van der Waals surface area contributed by atoms with Crippen LogP contribution in [0.2, 0.25) is 0 Å². The lowest BCUT2D eigenvalue weighted by molar-refractivity contribution is 0.153. The molecule has 0 aromatic heterocycles. The zero-order valence-electron chi connectivity index (χ0n) is 12.3. The fourth-order valence-electron chi connectivity index (χ4n) is 2.75. The van der Waals surface area contributed by atoms with E-state index in [4.69, 9.17) is 15.9 Å². The molecule has 20 heavy (non-hydrogen) atoms. The second-order valence-electron chi connectivity index (χ2n) is 5.61. The third kappa shape index (κ3) is 4.53. The molecule has 1 aliphatic heterocycles. The van der Waals surface area contributed by atoms with Gasteiger partial charge >= 0.3 is 0 Å². The van der Waals surface area contributed by atoms with Crippen LogP contribution in [0.3, 0.4) is 0 Å². The Kier molecular flexibility index (Phi) is 5.41. The summed E-state index contributed by atoms with van der Waals surface area (Å²) in [6.45, 7) is 1.98. The summed E-state index contributed by atoms with van der Waals surface area (Å²) < 4.78 is 5.81. The monoisotopic (exact) mass is 275 g/mol. The van der Waals surface area contributed by atoms with E-state index < -0.39 is 0 Å². The van der Waals surface area contributed by atoms with Gasteiger partial charge < -0.3 is 15.4 Å². The fraction of sp³-hybridized carbons (Fsp3) is 0.562. The number of ether oxygens (including phenoxy) is 1. The molecule has 3 N–H and O–H groups in total. The molecule has 1 aromatic carbocycles. The summed E-state index contributed by atoms with van der Waals surface area (Å²) in [6, 6.07) is 8.54. The molecule has 4 heteroatoms. The SMILES string of the molecule is CN1CCCCC1CCOc1ccc(CC(=N)N)cc1. The Hall–Kier alpha value is -1.55. The first-order valence-electron chi connectivity index (χ1n) is 7.40. The first-order valence-corrected chi connectivity index (χ1v) is 7.40. The molecule has 1 aliphatic rings. The maximum absolute atomic E-state index is 7.27. The molecule has 1 heterocycles. The van der Waals surface area contributed by atoms with Gasteiger partial charge in [-0.25, -0.2) is 0 Å². The van der Waals surface area contributed by atoms with E-state index >= 15 is 0 Å². The first kappa shape index (κ1) is 14.9. The van der Waals surface area contributed by atoms with Crippen molar-refractivity contribution in [3.8, 4) is 5.75 Å². The first-order chi connectivity index (χ1) is 9.65. The maximum atomic E-state index is 7.27. The zero-order valence-corrected chi connectivity index (χ0v) is 12.3. The molecule has 1 fully saturated rings. The second kappa shape index (κ2) is 7.29. The van der Waals surface area contributed by atoms with E-state index in [1.807, 2.05) is 24.3 Å². The molecule has 0 amide bonds. The number of hydrogen-bond donors (Lipinski definition) is 2. The lowest BCUT2D eigenvalue weighted by atomic mass is 10.0. The normalized spacial score (nSPS) is 19.8. The summed E-state index contributed by atoms with van der Waals surface area (Å²) >= 11 is 0. The van der Waals surface area contributed by atoms with Crippen LogP contribution in [0, 0.1) is 5.41 Å². The van der Waals surface area contributed by atoms with Crippen LogP contribution in [0.4, 0.5) is 0 Å². The molecule has 110 valence electrons. The Morgan fingerprint density at radius 3 is 2.75 bits per heavy atom. The average molecular weight is 275 g/mol. The third-order valence-corrected chi connectivity index (χ3v) is 3.96. The highest BCUT2D eigenvalue weighted by Crippen LogP contribution is 2.19. The standard InChI is InChI=1S/C16H25N3O/c1-19-10-3-2-4-14(19)9-11-20-15-7-5-13(6-8-15)12-16(17)18/h5-8,14H,2-4,9-12H2,1H3,(H3,17,18). The fourth-order valence-corrected chi connectivity index (χ4v) is 2.75. The quantitative estimate of drug-likeness (QED) is 0.619. The molecule has 0 bridgehead atoms. The Labute approximate surface area is 121 Å². The minimum absolute atomic E-state index is 0.194. The van der Waals surface area contributed by atoms with Crippen molar-refractivity contribution in [2.24, 2.45) is 5.73 Å². The van der Waals surface area contributed by atoms with E-state index in [1.165, 1.54) is 25.8 Å². The largest absolute Gasteiger partial charge is 0.494 e. The van der Waals surface area contributed by atoms with Gasteiger partial charge in [0.15, 0.2) is 0 Å². The molecule has 1 saturated heterocycles. The third-order valence-electron chi connectivity index (χ3n) is 3.96. The van der Waals surface area contributed by atoms with Gasteiger partial charge in [-0.1, -0.05) is 18.6 Å². The van der Waals surface area contributed by atoms with E-state index in [1.54, 1.807) is 0 Å². The number of hydrogen-bond acceptors (Lipinski definition) is 3. The molecule has 2 rings (SSSR count). The van der Waals surface area contributed by atoms with Gasteiger partial charge in [0.1, 0.15) is 5.75 Å². The molecule has 0 saturated carbocycles. The number of nitrogens with two attached hydrogens (primary N) is 1. The lowest BCUT2D eigenvalue weighted by Crippen LogP contribution is -2.37. The molecule has 1 aromatic rings. The molecule has 0 aliphatic carbocycles. The maximum Gasteiger partial charge on any atom is 0.119 e. The van der Waals surface area contributed by atoms with Gasteiger partial charge in [-0.2, -0.15) is 0 Å². The van der Waals surface area contributed by atoms with Gasteiger partial charge in [-0.05, 0) is 50.6 Å². The number of nitrogens with one attached hydrogen (secondary N) is 1. The van der Waals surface area contributed by atoms with Crippen LogP contribution in [0.5, 0.6) is 5.75 Å². The Morgan fingerprint density at radius 2 is 2.10 bits per heavy atom. The molecular weight excluding hydrogens is 250 g/mol.